The van der Waals surface area contributed by atoms with Crippen LogP contribution in [0.5, 0.6) is 0 Å². The first kappa shape index (κ1) is 15.0. The van der Waals surface area contributed by atoms with Gasteiger partial charge in [-0.2, -0.15) is 5.26 Å². The van der Waals surface area contributed by atoms with Crippen LogP contribution in [-0.4, -0.2) is 6.04 Å². The van der Waals surface area contributed by atoms with E-state index in [4.69, 9.17) is 5.26 Å². The van der Waals surface area contributed by atoms with Crippen LogP contribution in [0, 0.1) is 29.0 Å². The predicted octanol–water partition coefficient (Wildman–Crippen LogP) is 4.00. The van der Waals surface area contributed by atoms with Crippen molar-refractivity contribution >= 4 is 0 Å². The average Bonchev–Trinajstić information content (AvgIpc) is 2.46. The van der Waals surface area contributed by atoms with Crippen LogP contribution in [0.2, 0.25) is 0 Å². The number of nitrogens with one attached hydrogen (secondary N) is 1. The second-order valence-corrected chi connectivity index (χ2v) is 6.07. The lowest BCUT2D eigenvalue weighted by molar-refractivity contribution is 0.204. The summed E-state index contributed by atoms with van der Waals surface area (Å²) >= 11 is 0. The van der Waals surface area contributed by atoms with Gasteiger partial charge in [0.15, 0.2) is 0 Å². The molecule has 0 aromatic heterocycles. The summed E-state index contributed by atoms with van der Waals surface area (Å²) in [5.74, 6) is 0.952. The molecule has 1 aliphatic rings. The van der Waals surface area contributed by atoms with Crippen molar-refractivity contribution < 1.29 is 4.39 Å². The van der Waals surface area contributed by atoms with Crippen molar-refractivity contribution in [2.24, 2.45) is 11.8 Å². The number of rotatable bonds is 4. The van der Waals surface area contributed by atoms with Crippen LogP contribution >= 0.6 is 0 Å². The zero-order chi connectivity index (χ0) is 14.5. The minimum atomic E-state index is -0.376. The molecule has 2 rings (SSSR count). The van der Waals surface area contributed by atoms with Gasteiger partial charge in [-0.15, -0.1) is 0 Å². The topological polar surface area (TPSA) is 35.8 Å². The maximum atomic E-state index is 14.0. The van der Waals surface area contributed by atoms with Gasteiger partial charge in [-0.1, -0.05) is 38.8 Å². The third kappa shape index (κ3) is 3.37. The van der Waals surface area contributed by atoms with E-state index in [2.05, 4.69) is 19.2 Å². The summed E-state index contributed by atoms with van der Waals surface area (Å²) in [6.07, 6.45) is 4.99. The van der Waals surface area contributed by atoms with Crippen molar-refractivity contribution in [2.75, 3.05) is 0 Å². The smallest absolute Gasteiger partial charge is 0.145 e. The second kappa shape index (κ2) is 6.85. The molecule has 0 aliphatic heterocycles. The lowest BCUT2D eigenvalue weighted by Crippen LogP contribution is -2.40. The highest BCUT2D eigenvalue weighted by Crippen LogP contribution is 2.30. The van der Waals surface area contributed by atoms with Crippen molar-refractivity contribution in [3.63, 3.8) is 0 Å². The first-order chi connectivity index (χ1) is 9.63. The standard InChI is InChI=1S/C17H23FN2/c1-12(2)15-8-3-4-9-16(15)20-11-14-7-5-6-13(10-19)17(14)18/h5-7,12,15-16,20H,3-4,8-9,11H2,1-2H3. The molecular weight excluding hydrogens is 251 g/mol. The zero-order valence-corrected chi connectivity index (χ0v) is 12.3. The molecule has 1 fully saturated rings. The highest BCUT2D eigenvalue weighted by atomic mass is 19.1. The molecule has 20 heavy (non-hydrogen) atoms. The monoisotopic (exact) mass is 274 g/mol. The van der Waals surface area contributed by atoms with E-state index in [0.29, 0.717) is 30.0 Å². The SMILES string of the molecule is CC(C)C1CCCCC1NCc1cccc(C#N)c1F. The van der Waals surface area contributed by atoms with E-state index in [1.54, 1.807) is 12.1 Å². The van der Waals surface area contributed by atoms with Crippen molar-refractivity contribution in [3.8, 4) is 6.07 Å². The summed E-state index contributed by atoms with van der Waals surface area (Å²) < 4.78 is 14.0. The fourth-order valence-electron chi connectivity index (χ4n) is 3.25. The van der Waals surface area contributed by atoms with Crippen molar-refractivity contribution in [1.29, 1.82) is 5.26 Å². The molecule has 0 amide bonds. The number of nitriles is 1. The van der Waals surface area contributed by atoms with E-state index in [0.717, 1.165) is 0 Å². The minimum absolute atomic E-state index is 0.133. The number of nitrogens with zero attached hydrogens (tertiary/aromatic N) is 1. The van der Waals surface area contributed by atoms with E-state index < -0.39 is 0 Å². The van der Waals surface area contributed by atoms with Gasteiger partial charge in [-0.05, 0) is 30.7 Å². The summed E-state index contributed by atoms with van der Waals surface area (Å²) in [7, 11) is 0. The number of hydrogen-bond acceptors (Lipinski definition) is 2. The lowest BCUT2D eigenvalue weighted by Gasteiger charge is -2.35. The molecule has 0 heterocycles. The summed E-state index contributed by atoms with van der Waals surface area (Å²) in [5.41, 5.74) is 0.727. The molecule has 0 bridgehead atoms. The molecule has 2 nitrogen and oxygen atoms in total. The fourth-order valence-corrected chi connectivity index (χ4v) is 3.25. The molecule has 0 spiro atoms. The number of benzene rings is 1. The molecule has 1 saturated carbocycles. The second-order valence-electron chi connectivity index (χ2n) is 6.07. The Morgan fingerprint density at radius 3 is 2.80 bits per heavy atom. The van der Waals surface area contributed by atoms with Gasteiger partial charge in [0.25, 0.3) is 0 Å². The Hall–Kier alpha value is -1.40. The summed E-state index contributed by atoms with van der Waals surface area (Å²) in [6.45, 7) is 5.04. The largest absolute Gasteiger partial charge is 0.310 e. The van der Waals surface area contributed by atoms with Gasteiger partial charge in [0, 0.05) is 18.2 Å². The van der Waals surface area contributed by atoms with Gasteiger partial charge in [-0.25, -0.2) is 4.39 Å². The zero-order valence-electron chi connectivity index (χ0n) is 12.3. The molecule has 108 valence electrons. The molecular formula is C17H23FN2. The van der Waals surface area contributed by atoms with Crippen LogP contribution in [-0.2, 0) is 6.54 Å². The molecule has 2 atom stereocenters. The summed E-state index contributed by atoms with van der Waals surface area (Å²) in [6, 6.07) is 7.40. The Bertz CT molecular complexity index is 490. The maximum absolute atomic E-state index is 14.0. The minimum Gasteiger partial charge on any atom is -0.310 e. The lowest BCUT2D eigenvalue weighted by atomic mass is 9.78. The molecule has 0 radical (unpaired) electrons. The molecule has 1 N–H and O–H groups in total. The maximum Gasteiger partial charge on any atom is 0.145 e. The molecule has 2 unspecified atom stereocenters. The Labute approximate surface area is 121 Å². The highest BCUT2D eigenvalue weighted by molar-refractivity contribution is 5.34. The fraction of sp³-hybridized carbons (Fsp3) is 0.588. The van der Waals surface area contributed by atoms with Gasteiger partial charge in [0.05, 0.1) is 5.56 Å². The van der Waals surface area contributed by atoms with Crippen LogP contribution in [0.1, 0.15) is 50.7 Å². The Kier molecular flexibility index (Phi) is 5.14. The van der Waals surface area contributed by atoms with Crippen molar-refractivity contribution in [3.05, 3.63) is 35.1 Å². The van der Waals surface area contributed by atoms with Gasteiger partial charge >= 0.3 is 0 Å². The first-order valence-corrected chi connectivity index (χ1v) is 7.54. The summed E-state index contributed by atoms with van der Waals surface area (Å²) in [4.78, 5) is 0. The van der Waals surface area contributed by atoms with Crippen molar-refractivity contribution in [1.82, 2.24) is 5.32 Å². The van der Waals surface area contributed by atoms with E-state index in [9.17, 15) is 4.39 Å². The van der Waals surface area contributed by atoms with Gasteiger partial charge in [-0.3, -0.25) is 0 Å². The summed E-state index contributed by atoms with van der Waals surface area (Å²) in [5, 5.41) is 12.4. The van der Waals surface area contributed by atoms with E-state index in [-0.39, 0.29) is 11.4 Å². The predicted molar refractivity (Wildman–Crippen MR) is 78.5 cm³/mol. The third-order valence-electron chi connectivity index (χ3n) is 4.43. The van der Waals surface area contributed by atoms with E-state index >= 15 is 0 Å². The Morgan fingerprint density at radius 2 is 2.10 bits per heavy atom. The first-order valence-electron chi connectivity index (χ1n) is 7.54. The Morgan fingerprint density at radius 1 is 1.35 bits per heavy atom. The van der Waals surface area contributed by atoms with Gasteiger partial charge in [0.1, 0.15) is 11.9 Å². The van der Waals surface area contributed by atoms with Crippen LogP contribution in [0.4, 0.5) is 4.39 Å². The quantitative estimate of drug-likeness (QED) is 0.900. The molecule has 1 aromatic carbocycles. The van der Waals surface area contributed by atoms with Crippen LogP contribution in [0.15, 0.2) is 18.2 Å². The van der Waals surface area contributed by atoms with Crippen LogP contribution < -0.4 is 5.32 Å². The molecule has 1 aliphatic carbocycles. The van der Waals surface area contributed by atoms with Crippen LogP contribution in [0.25, 0.3) is 0 Å². The highest BCUT2D eigenvalue weighted by Gasteiger charge is 2.27. The third-order valence-corrected chi connectivity index (χ3v) is 4.43. The molecule has 1 aromatic rings. The number of halogens is 1. The average molecular weight is 274 g/mol. The van der Waals surface area contributed by atoms with Crippen molar-refractivity contribution in [2.45, 2.75) is 52.1 Å². The van der Waals surface area contributed by atoms with Gasteiger partial charge in [0.2, 0.25) is 0 Å². The van der Waals surface area contributed by atoms with E-state index in [1.807, 2.05) is 6.07 Å². The number of hydrogen-bond donors (Lipinski definition) is 1. The molecule has 0 saturated heterocycles. The van der Waals surface area contributed by atoms with Crippen LogP contribution in [0.3, 0.4) is 0 Å². The molecule has 3 heteroatoms. The van der Waals surface area contributed by atoms with Gasteiger partial charge < -0.3 is 5.32 Å². The Balaban J connectivity index is 2.03. The normalized spacial score (nSPS) is 22.8. The van der Waals surface area contributed by atoms with E-state index in [1.165, 1.54) is 31.7 Å².